The Morgan fingerprint density at radius 2 is 1.95 bits per heavy atom. The van der Waals surface area contributed by atoms with E-state index in [0.29, 0.717) is 0 Å². The lowest BCUT2D eigenvalue weighted by molar-refractivity contribution is -0.122. The van der Waals surface area contributed by atoms with Crippen molar-refractivity contribution >= 4 is 15.9 Å². The number of primary sulfonamides is 1. The van der Waals surface area contributed by atoms with E-state index in [1.807, 2.05) is 6.92 Å². The van der Waals surface area contributed by atoms with Crippen LogP contribution in [0, 0.1) is 5.92 Å². The van der Waals surface area contributed by atoms with Gasteiger partial charge >= 0.3 is 0 Å². The third kappa shape index (κ3) is 4.31. The Morgan fingerprint density at radius 1 is 1.35 bits per heavy atom. The summed E-state index contributed by atoms with van der Waals surface area (Å²) < 4.78 is 22.3. The smallest absolute Gasteiger partial charge is 0.238 e. The average molecular weight is 296 g/mol. The van der Waals surface area contributed by atoms with Crippen molar-refractivity contribution < 1.29 is 13.2 Å². The van der Waals surface area contributed by atoms with Crippen LogP contribution < -0.4 is 10.5 Å². The number of carbonyl (C=O) groups is 1. The van der Waals surface area contributed by atoms with Gasteiger partial charge in [0, 0.05) is 12.0 Å². The van der Waals surface area contributed by atoms with Crippen molar-refractivity contribution in [1.82, 2.24) is 5.32 Å². The summed E-state index contributed by atoms with van der Waals surface area (Å²) in [5.41, 5.74) is 1.03. The monoisotopic (exact) mass is 296 g/mol. The van der Waals surface area contributed by atoms with E-state index in [9.17, 15) is 13.2 Å². The Labute approximate surface area is 119 Å². The second kappa shape index (κ2) is 5.93. The maximum absolute atomic E-state index is 11.6. The van der Waals surface area contributed by atoms with Gasteiger partial charge < -0.3 is 5.32 Å². The fourth-order valence-electron chi connectivity index (χ4n) is 2.01. The summed E-state index contributed by atoms with van der Waals surface area (Å²) in [5.74, 6) is 0.383. The van der Waals surface area contributed by atoms with Crippen molar-refractivity contribution in [2.45, 2.75) is 43.5 Å². The van der Waals surface area contributed by atoms with E-state index in [4.69, 9.17) is 5.14 Å². The van der Waals surface area contributed by atoms with Gasteiger partial charge in [0.1, 0.15) is 0 Å². The third-order valence-corrected chi connectivity index (χ3v) is 4.38. The minimum atomic E-state index is -3.63. The topological polar surface area (TPSA) is 89.3 Å². The molecule has 1 unspecified atom stereocenters. The summed E-state index contributed by atoms with van der Waals surface area (Å²) in [5, 5.41) is 8.04. The van der Waals surface area contributed by atoms with Crippen LogP contribution in [-0.4, -0.2) is 20.4 Å². The van der Waals surface area contributed by atoms with Crippen LogP contribution in [0.5, 0.6) is 0 Å². The van der Waals surface area contributed by atoms with Crippen LogP contribution >= 0.6 is 0 Å². The first-order valence-electron chi connectivity index (χ1n) is 6.78. The fourth-order valence-corrected chi connectivity index (χ4v) is 2.52. The standard InChI is InChI=1S/C14H20N2O3S/c1-10(16-14(17)12-6-7-12)2-3-11-4-8-13(9-5-11)20(15,18)19/h4-5,8-10,12H,2-3,6-7H2,1H3,(H,16,17)(H2,15,18,19). The number of hydrogen-bond acceptors (Lipinski definition) is 3. The van der Waals surface area contributed by atoms with E-state index in [0.717, 1.165) is 31.2 Å². The summed E-state index contributed by atoms with van der Waals surface area (Å²) >= 11 is 0. The molecule has 2 rings (SSSR count). The van der Waals surface area contributed by atoms with Gasteiger partial charge in [-0.2, -0.15) is 0 Å². The molecule has 1 amide bonds. The number of aryl methyl sites for hydroxylation is 1. The van der Waals surface area contributed by atoms with Crippen LogP contribution in [0.1, 0.15) is 31.7 Å². The summed E-state index contributed by atoms with van der Waals surface area (Å²) in [6, 6.07) is 6.67. The zero-order valence-corrected chi connectivity index (χ0v) is 12.3. The van der Waals surface area contributed by atoms with Crippen molar-refractivity contribution in [3.63, 3.8) is 0 Å². The van der Waals surface area contributed by atoms with Crippen LogP contribution in [-0.2, 0) is 21.2 Å². The van der Waals surface area contributed by atoms with Crippen LogP contribution in [0.25, 0.3) is 0 Å². The molecule has 1 aromatic rings. The number of sulfonamides is 1. The maximum atomic E-state index is 11.6. The quantitative estimate of drug-likeness (QED) is 0.826. The fraction of sp³-hybridized carbons (Fsp3) is 0.500. The molecule has 1 atom stereocenters. The van der Waals surface area contributed by atoms with Crippen molar-refractivity contribution in [2.75, 3.05) is 0 Å². The van der Waals surface area contributed by atoms with E-state index in [1.165, 1.54) is 12.1 Å². The van der Waals surface area contributed by atoms with Crippen molar-refractivity contribution in [1.29, 1.82) is 0 Å². The van der Waals surface area contributed by atoms with Gasteiger partial charge in [0.2, 0.25) is 15.9 Å². The Morgan fingerprint density at radius 3 is 2.45 bits per heavy atom. The van der Waals surface area contributed by atoms with Gasteiger partial charge in [-0.1, -0.05) is 12.1 Å². The van der Waals surface area contributed by atoms with Gasteiger partial charge in [-0.3, -0.25) is 4.79 Å². The molecule has 0 saturated heterocycles. The molecular formula is C14H20N2O3S. The number of benzene rings is 1. The molecule has 3 N–H and O–H groups in total. The Bertz CT molecular complexity index is 577. The van der Waals surface area contributed by atoms with Gasteiger partial charge in [-0.15, -0.1) is 0 Å². The van der Waals surface area contributed by atoms with Gasteiger partial charge in [0.15, 0.2) is 0 Å². The van der Waals surface area contributed by atoms with E-state index >= 15 is 0 Å². The van der Waals surface area contributed by atoms with E-state index < -0.39 is 10.0 Å². The molecule has 20 heavy (non-hydrogen) atoms. The number of rotatable bonds is 6. The van der Waals surface area contributed by atoms with Crippen LogP contribution in [0.2, 0.25) is 0 Å². The lowest BCUT2D eigenvalue weighted by Crippen LogP contribution is -2.33. The number of nitrogens with two attached hydrogens (primary N) is 1. The lowest BCUT2D eigenvalue weighted by Gasteiger charge is -2.13. The molecule has 0 bridgehead atoms. The van der Waals surface area contributed by atoms with Gasteiger partial charge in [-0.25, -0.2) is 13.6 Å². The third-order valence-electron chi connectivity index (χ3n) is 3.45. The van der Waals surface area contributed by atoms with Crippen LogP contribution in [0.3, 0.4) is 0 Å². The highest BCUT2D eigenvalue weighted by Gasteiger charge is 2.30. The predicted octanol–water partition coefficient (Wildman–Crippen LogP) is 1.18. The summed E-state index contributed by atoms with van der Waals surface area (Å²) in [4.78, 5) is 11.7. The minimum Gasteiger partial charge on any atom is -0.353 e. The minimum absolute atomic E-state index is 0.122. The van der Waals surface area contributed by atoms with Crippen LogP contribution in [0.15, 0.2) is 29.2 Å². The average Bonchev–Trinajstić information content (AvgIpc) is 3.20. The van der Waals surface area contributed by atoms with Crippen molar-refractivity contribution in [3.05, 3.63) is 29.8 Å². The molecule has 1 saturated carbocycles. The molecule has 110 valence electrons. The molecular weight excluding hydrogens is 276 g/mol. The predicted molar refractivity (Wildman–Crippen MR) is 76.5 cm³/mol. The Balaban J connectivity index is 1.82. The molecule has 1 aliphatic rings. The second-order valence-corrected chi connectivity index (χ2v) is 6.97. The second-order valence-electron chi connectivity index (χ2n) is 5.41. The highest BCUT2D eigenvalue weighted by Crippen LogP contribution is 2.29. The van der Waals surface area contributed by atoms with Crippen molar-refractivity contribution in [3.8, 4) is 0 Å². The molecule has 6 heteroatoms. The highest BCUT2D eigenvalue weighted by molar-refractivity contribution is 7.89. The zero-order valence-electron chi connectivity index (χ0n) is 11.5. The first kappa shape index (κ1) is 15.0. The van der Waals surface area contributed by atoms with Crippen molar-refractivity contribution in [2.24, 2.45) is 11.1 Å². The Kier molecular flexibility index (Phi) is 4.45. The van der Waals surface area contributed by atoms with Gasteiger partial charge in [0.05, 0.1) is 4.90 Å². The number of hydrogen-bond donors (Lipinski definition) is 2. The van der Waals surface area contributed by atoms with E-state index in [2.05, 4.69) is 5.32 Å². The molecule has 0 radical (unpaired) electrons. The summed E-state index contributed by atoms with van der Waals surface area (Å²) in [7, 11) is -3.63. The molecule has 0 aliphatic heterocycles. The normalized spacial score (nSPS) is 16.7. The van der Waals surface area contributed by atoms with E-state index in [1.54, 1.807) is 12.1 Å². The molecule has 0 aromatic heterocycles. The lowest BCUT2D eigenvalue weighted by atomic mass is 10.1. The maximum Gasteiger partial charge on any atom is 0.238 e. The number of amides is 1. The molecule has 5 nitrogen and oxygen atoms in total. The SMILES string of the molecule is CC(CCc1ccc(S(N)(=O)=O)cc1)NC(=O)C1CC1. The number of nitrogens with one attached hydrogen (secondary N) is 1. The van der Waals surface area contributed by atoms with Crippen LogP contribution in [0.4, 0.5) is 0 Å². The largest absolute Gasteiger partial charge is 0.353 e. The Hall–Kier alpha value is -1.40. The molecule has 1 aromatic carbocycles. The van der Waals surface area contributed by atoms with Gasteiger partial charge in [-0.05, 0) is 50.3 Å². The summed E-state index contributed by atoms with van der Waals surface area (Å²) in [6.07, 6.45) is 3.63. The molecule has 0 heterocycles. The molecule has 1 fully saturated rings. The zero-order chi connectivity index (χ0) is 14.8. The van der Waals surface area contributed by atoms with E-state index in [-0.39, 0.29) is 22.8 Å². The highest BCUT2D eigenvalue weighted by atomic mass is 32.2. The first-order valence-corrected chi connectivity index (χ1v) is 8.33. The summed E-state index contributed by atoms with van der Waals surface area (Å²) in [6.45, 7) is 1.99. The molecule has 1 aliphatic carbocycles. The number of carbonyl (C=O) groups excluding carboxylic acids is 1. The first-order chi connectivity index (χ1) is 9.36. The molecule has 0 spiro atoms. The van der Waals surface area contributed by atoms with Gasteiger partial charge in [0.25, 0.3) is 0 Å².